The summed E-state index contributed by atoms with van der Waals surface area (Å²) in [4.78, 5) is 11.6. The fraction of sp³-hybridized carbons (Fsp3) is 0.588. The van der Waals surface area contributed by atoms with Crippen LogP contribution in [-0.2, 0) is 9.53 Å². The lowest BCUT2D eigenvalue weighted by Crippen LogP contribution is -2.28. The highest BCUT2D eigenvalue weighted by atomic mass is 32.2. The molecule has 0 spiro atoms. The first-order valence-electron chi connectivity index (χ1n) is 7.46. The van der Waals surface area contributed by atoms with E-state index < -0.39 is 0 Å². The Bertz CT molecular complexity index is 415. The first-order valence-corrected chi connectivity index (χ1v) is 8.44. The molecule has 0 aliphatic rings. The van der Waals surface area contributed by atoms with E-state index in [1.807, 2.05) is 25.1 Å². The average molecular weight is 309 g/mol. The fourth-order valence-electron chi connectivity index (χ4n) is 1.71. The van der Waals surface area contributed by atoms with Crippen LogP contribution in [0.1, 0.15) is 45.8 Å². The van der Waals surface area contributed by atoms with Crippen LogP contribution in [0.4, 0.5) is 0 Å². The van der Waals surface area contributed by atoms with Crippen LogP contribution >= 0.6 is 11.8 Å². The van der Waals surface area contributed by atoms with Crippen molar-refractivity contribution >= 4 is 17.7 Å². The van der Waals surface area contributed by atoms with Crippen LogP contribution in [0, 0.1) is 0 Å². The zero-order valence-corrected chi connectivity index (χ0v) is 14.3. The summed E-state index contributed by atoms with van der Waals surface area (Å²) in [5.74, 6) is 0.621. The van der Waals surface area contributed by atoms with Crippen molar-refractivity contribution in [2.24, 2.45) is 0 Å². The summed E-state index contributed by atoms with van der Waals surface area (Å²) < 4.78 is 5.90. The first kappa shape index (κ1) is 18.1. The van der Waals surface area contributed by atoms with Gasteiger partial charge in [-0.05, 0) is 18.9 Å². The maximum atomic E-state index is 11.6. The molecule has 0 heterocycles. The van der Waals surface area contributed by atoms with Crippen LogP contribution in [0.5, 0.6) is 0 Å². The van der Waals surface area contributed by atoms with E-state index in [0.717, 1.165) is 6.42 Å². The van der Waals surface area contributed by atoms with Gasteiger partial charge in [-0.25, -0.2) is 0 Å². The molecule has 1 rings (SSSR count). The predicted molar refractivity (Wildman–Crippen MR) is 90.6 cm³/mol. The summed E-state index contributed by atoms with van der Waals surface area (Å²) in [6.07, 6.45) is 0.932. The molecule has 1 atom stereocenters. The molecule has 1 amide bonds. The molecule has 0 fully saturated rings. The second kappa shape index (κ2) is 9.11. The van der Waals surface area contributed by atoms with Crippen LogP contribution in [0.15, 0.2) is 30.3 Å². The lowest BCUT2D eigenvalue weighted by Gasteiger charge is -2.17. The Balaban J connectivity index is 2.08. The SMILES string of the molecule is CC(OCCCNC(=O)CSC(C)(C)C)c1ccccc1. The monoisotopic (exact) mass is 309 g/mol. The molecule has 3 nitrogen and oxygen atoms in total. The highest BCUT2D eigenvalue weighted by Crippen LogP contribution is 2.22. The number of thioether (sulfide) groups is 1. The Morgan fingerprint density at radius 3 is 2.57 bits per heavy atom. The Kier molecular flexibility index (Phi) is 7.83. The summed E-state index contributed by atoms with van der Waals surface area (Å²) in [5, 5.41) is 2.93. The van der Waals surface area contributed by atoms with E-state index in [2.05, 4.69) is 38.2 Å². The van der Waals surface area contributed by atoms with Crippen LogP contribution in [0.3, 0.4) is 0 Å². The van der Waals surface area contributed by atoms with Crippen LogP contribution in [-0.4, -0.2) is 29.6 Å². The molecular formula is C17H27NO2S. The molecule has 1 unspecified atom stereocenters. The van der Waals surface area contributed by atoms with E-state index >= 15 is 0 Å². The van der Waals surface area contributed by atoms with Gasteiger partial charge in [0.15, 0.2) is 0 Å². The highest BCUT2D eigenvalue weighted by molar-refractivity contribution is 8.01. The smallest absolute Gasteiger partial charge is 0.230 e. The number of ether oxygens (including phenoxy) is 1. The number of rotatable bonds is 8. The minimum Gasteiger partial charge on any atom is -0.374 e. The van der Waals surface area contributed by atoms with Crippen molar-refractivity contribution in [3.05, 3.63) is 35.9 Å². The minimum atomic E-state index is 0.0957. The lowest BCUT2D eigenvalue weighted by atomic mass is 10.1. The molecule has 1 aromatic rings. The summed E-state index contributed by atoms with van der Waals surface area (Å²) in [7, 11) is 0. The Hall–Kier alpha value is -1.00. The molecular weight excluding hydrogens is 282 g/mol. The van der Waals surface area contributed by atoms with E-state index in [4.69, 9.17) is 4.74 Å². The average Bonchev–Trinajstić information content (AvgIpc) is 2.44. The first-order chi connectivity index (χ1) is 9.88. The number of amides is 1. The summed E-state index contributed by atoms with van der Waals surface area (Å²) in [6.45, 7) is 9.72. The van der Waals surface area contributed by atoms with E-state index in [-0.39, 0.29) is 16.8 Å². The predicted octanol–water partition coefficient (Wildman–Crippen LogP) is 3.80. The topological polar surface area (TPSA) is 38.3 Å². The number of carbonyl (C=O) groups is 1. The summed E-state index contributed by atoms with van der Waals surface area (Å²) in [5.41, 5.74) is 1.18. The molecule has 0 aromatic heterocycles. The molecule has 0 aliphatic heterocycles. The van der Waals surface area contributed by atoms with Gasteiger partial charge >= 0.3 is 0 Å². The van der Waals surface area contributed by atoms with E-state index in [1.54, 1.807) is 11.8 Å². The van der Waals surface area contributed by atoms with Gasteiger partial charge < -0.3 is 10.1 Å². The second-order valence-electron chi connectivity index (χ2n) is 6.03. The number of hydrogen-bond donors (Lipinski definition) is 1. The molecule has 118 valence electrons. The van der Waals surface area contributed by atoms with Crippen LogP contribution < -0.4 is 5.32 Å². The molecule has 1 N–H and O–H groups in total. The Morgan fingerprint density at radius 2 is 1.95 bits per heavy atom. The normalized spacial score (nSPS) is 13.0. The summed E-state index contributed by atoms with van der Waals surface area (Å²) in [6, 6.07) is 10.2. The van der Waals surface area contributed by atoms with Gasteiger partial charge in [0.05, 0.1) is 11.9 Å². The molecule has 0 aliphatic carbocycles. The zero-order chi connectivity index (χ0) is 15.7. The van der Waals surface area contributed by atoms with Crippen LogP contribution in [0.25, 0.3) is 0 Å². The van der Waals surface area contributed by atoms with Gasteiger partial charge in [-0.1, -0.05) is 51.1 Å². The van der Waals surface area contributed by atoms with Gasteiger partial charge in [0.1, 0.15) is 0 Å². The van der Waals surface area contributed by atoms with Crippen molar-refractivity contribution in [1.82, 2.24) is 5.32 Å². The molecule has 0 saturated heterocycles. The standard InChI is InChI=1S/C17H27NO2S/c1-14(15-9-6-5-7-10-15)20-12-8-11-18-16(19)13-21-17(2,3)4/h5-7,9-10,14H,8,11-13H2,1-4H3,(H,18,19). The number of carbonyl (C=O) groups excluding carboxylic acids is 1. The van der Waals surface area contributed by atoms with E-state index in [1.165, 1.54) is 5.56 Å². The number of benzene rings is 1. The maximum Gasteiger partial charge on any atom is 0.230 e. The van der Waals surface area contributed by atoms with Crippen molar-refractivity contribution < 1.29 is 9.53 Å². The molecule has 1 aromatic carbocycles. The Labute approximate surface area is 132 Å². The van der Waals surface area contributed by atoms with Crippen molar-refractivity contribution in [2.45, 2.75) is 45.0 Å². The third-order valence-corrected chi connectivity index (χ3v) is 4.19. The van der Waals surface area contributed by atoms with Crippen molar-refractivity contribution in [1.29, 1.82) is 0 Å². The number of hydrogen-bond acceptors (Lipinski definition) is 3. The highest BCUT2D eigenvalue weighted by Gasteiger charge is 2.12. The molecule has 4 heteroatoms. The van der Waals surface area contributed by atoms with Gasteiger partial charge in [-0.3, -0.25) is 4.79 Å². The third kappa shape index (κ3) is 8.79. The zero-order valence-electron chi connectivity index (χ0n) is 13.5. The van der Waals surface area contributed by atoms with Gasteiger partial charge in [0.25, 0.3) is 0 Å². The van der Waals surface area contributed by atoms with Gasteiger partial charge in [-0.15, -0.1) is 11.8 Å². The molecule has 0 saturated carbocycles. The Morgan fingerprint density at radius 1 is 1.29 bits per heavy atom. The largest absolute Gasteiger partial charge is 0.374 e. The molecule has 21 heavy (non-hydrogen) atoms. The van der Waals surface area contributed by atoms with E-state index in [0.29, 0.717) is 18.9 Å². The van der Waals surface area contributed by atoms with Gasteiger partial charge in [0, 0.05) is 17.9 Å². The quantitative estimate of drug-likeness (QED) is 0.742. The second-order valence-corrected chi connectivity index (χ2v) is 7.83. The van der Waals surface area contributed by atoms with Crippen LogP contribution in [0.2, 0.25) is 0 Å². The van der Waals surface area contributed by atoms with Gasteiger partial charge in [0.2, 0.25) is 5.91 Å². The lowest BCUT2D eigenvalue weighted by molar-refractivity contribution is -0.118. The third-order valence-electron chi connectivity index (χ3n) is 2.92. The van der Waals surface area contributed by atoms with E-state index in [9.17, 15) is 4.79 Å². The number of nitrogens with one attached hydrogen (secondary N) is 1. The molecule has 0 radical (unpaired) electrons. The maximum absolute atomic E-state index is 11.6. The summed E-state index contributed by atoms with van der Waals surface area (Å²) >= 11 is 1.66. The molecule has 0 bridgehead atoms. The fourth-order valence-corrected chi connectivity index (χ4v) is 2.38. The van der Waals surface area contributed by atoms with Crippen molar-refractivity contribution in [3.8, 4) is 0 Å². The van der Waals surface area contributed by atoms with Crippen molar-refractivity contribution in [2.75, 3.05) is 18.9 Å². The van der Waals surface area contributed by atoms with Gasteiger partial charge in [-0.2, -0.15) is 0 Å². The van der Waals surface area contributed by atoms with Crippen molar-refractivity contribution in [3.63, 3.8) is 0 Å². The minimum absolute atomic E-state index is 0.0957.